The largest absolute Gasteiger partial charge is 0.384 e. The van der Waals surface area contributed by atoms with E-state index in [0.29, 0.717) is 44.7 Å². The number of carbonyl (C=O) groups excluding carboxylic acids is 2. The Morgan fingerprint density at radius 1 is 1.00 bits per heavy atom. The molecule has 2 aromatic carbocycles. The highest BCUT2D eigenvalue weighted by molar-refractivity contribution is 7.96. The highest BCUT2D eigenvalue weighted by atomic mass is 32.2. The lowest BCUT2D eigenvalue weighted by molar-refractivity contribution is -0.139. The Hall–Kier alpha value is -3.57. The van der Waals surface area contributed by atoms with Gasteiger partial charge in [0.1, 0.15) is 11.9 Å². The molecule has 41 heavy (non-hydrogen) atoms. The number of aliphatic imine (C=N–C) groups is 2. The van der Waals surface area contributed by atoms with Crippen LogP contribution in [-0.2, 0) is 21.9 Å². The molecule has 0 aromatic heterocycles. The Labute approximate surface area is 247 Å². The third-order valence-corrected chi connectivity index (χ3v) is 7.83. The van der Waals surface area contributed by atoms with Gasteiger partial charge in [0.25, 0.3) is 0 Å². The molecule has 10 nitrogen and oxygen atoms in total. The van der Waals surface area contributed by atoms with Gasteiger partial charge in [-0.15, -0.1) is 0 Å². The molecule has 1 aliphatic heterocycles. The summed E-state index contributed by atoms with van der Waals surface area (Å²) in [4.78, 5) is 37.0. The van der Waals surface area contributed by atoms with Crippen molar-refractivity contribution in [1.29, 1.82) is 0 Å². The second-order valence-electron chi connectivity index (χ2n) is 10.1. The first-order chi connectivity index (χ1) is 19.9. The number of carbonyl (C=O) groups is 2. The zero-order valence-electron chi connectivity index (χ0n) is 23.9. The number of nitrogens with two attached hydrogens (primary N) is 3. The van der Waals surface area contributed by atoms with Crippen molar-refractivity contribution in [3.05, 3.63) is 71.3 Å². The van der Waals surface area contributed by atoms with Crippen molar-refractivity contribution in [3.63, 3.8) is 0 Å². The Balaban J connectivity index is 1.57. The monoisotopic (exact) mass is 580 g/mol. The number of guanidine groups is 1. The molecule has 2 amide bonds. The van der Waals surface area contributed by atoms with Crippen molar-refractivity contribution < 1.29 is 9.59 Å². The lowest BCUT2D eigenvalue weighted by Crippen LogP contribution is -2.51. The lowest BCUT2D eigenvalue weighted by atomic mass is 10.1. The van der Waals surface area contributed by atoms with Gasteiger partial charge in [0.2, 0.25) is 11.8 Å². The van der Waals surface area contributed by atoms with Crippen LogP contribution >= 0.6 is 11.9 Å². The van der Waals surface area contributed by atoms with Crippen LogP contribution < -0.4 is 27.2 Å². The maximum absolute atomic E-state index is 13.7. The van der Waals surface area contributed by atoms with Crippen LogP contribution in [0.5, 0.6) is 0 Å². The van der Waals surface area contributed by atoms with Crippen LogP contribution in [0.2, 0.25) is 0 Å². The molecule has 0 saturated carbocycles. The Morgan fingerprint density at radius 2 is 1.73 bits per heavy atom. The van der Waals surface area contributed by atoms with Gasteiger partial charge in [0.15, 0.2) is 5.96 Å². The van der Waals surface area contributed by atoms with Gasteiger partial charge >= 0.3 is 0 Å². The number of hydrogen-bond acceptors (Lipinski definition) is 6. The van der Waals surface area contributed by atoms with Crippen LogP contribution in [0.3, 0.4) is 0 Å². The number of amides is 2. The molecule has 11 heteroatoms. The van der Waals surface area contributed by atoms with Gasteiger partial charge in [0.05, 0.1) is 6.04 Å². The summed E-state index contributed by atoms with van der Waals surface area (Å²) < 4.78 is 3.34. The zero-order valence-corrected chi connectivity index (χ0v) is 24.7. The molecule has 1 fully saturated rings. The van der Waals surface area contributed by atoms with Crippen LogP contribution in [0.1, 0.15) is 62.1 Å². The summed E-state index contributed by atoms with van der Waals surface area (Å²) in [6.07, 6.45) is 4.70. The highest BCUT2D eigenvalue weighted by Gasteiger charge is 2.36. The van der Waals surface area contributed by atoms with Gasteiger partial charge < -0.3 is 27.4 Å². The van der Waals surface area contributed by atoms with E-state index in [1.807, 2.05) is 42.5 Å². The van der Waals surface area contributed by atoms with E-state index in [9.17, 15) is 9.59 Å². The third kappa shape index (κ3) is 10.7. The molecular weight excluding hydrogens is 536 g/mol. The molecule has 3 rings (SSSR count). The molecule has 0 radical (unpaired) electrons. The number of rotatable bonds is 16. The summed E-state index contributed by atoms with van der Waals surface area (Å²) >= 11 is 1.49. The molecule has 2 unspecified atom stereocenters. The van der Waals surface area contributed by atoms with Crippen LogP contribution in [0.25, 0.3) is 0 Å². The first-order valence-electron chi connectivity index (χ1n) is 14.3. The molecule has 0 aliphatic carbocycles. The fraction of sp³-hybridized carbons (Fsp3) is 0.467. The minimum atomic E-state index is -0.496. The fourth-order valence-electron chi connectivity index (χ4n) is 4.59. The number of amidine groups is 1. The van der Waals surface area contributed by atoms with E-state index in [1.54, 1.807) is 4.90 Å². The third-order valence-electron chi connectivity index (χ3n) is 6.90. The van der Waals surface area contributed by atoms with Crippen molar-refractivity contribution >= 4 is 35.6 Å². The molecular formula is C30H44N8O2S. The quantitative estimate of drug-likeness (QED) is 0.0881. The SMILES string of the molecule is CCCCN=C(N)c1ccc(CNC(=O)C2CCCN2C(=O)C(CCCN=C(N)N)NSCc2ccccc2)cc1. The van der Waals surface area contributed by atoms with Gasteiger partial charge in [-0.25, -0.2) is 0 Å². The van der Waals surface area contributed by atoms with Gasteiger partial charge in [-0.1, -0.05) is 79.9 Å². The van der Waals surface area contributed by atoms with E-state index in [2.05, 4.69) is 39.1 Å². The number of hydrogen-bond donors (Lipinski definition) is 5. The molecule has 2 atom stereocenters. The minimum absolute atomic E-state index is 0.0359. The molecule has 222 valence electrons. The van der Waals surface area contributed by atoms with Gasteiger partial charge in [0, 0.05) is 37.5 Å². The van der Waals surface area contributed by atoms with Crippen molar-refractivity contribution in [3.8, 4) is 0 Å². The van der Waals surface area contributed by atoms with Crippen molar-refractivity contribution in [2.45, 2.75) is 69.8 Å². The standard InChI is InChI=1S/C30H44N8O2S/c1-2-3-17-34-27(31)24-15-13-22(14-16-24)20-36-28(39)26-12-8-19-38(26)29(40)25(11-7-18-35-30(32)33)37-41-21-23-9-5-4-6-10-23/h4-6,9-10,13-16,25-26,37H,2-3,7-8,11-12,17-21H2,1H3,(H2,31,34)(H,36,39)(H4,32,33,35). The van der Waals surface area contributed by atoms with Crippen molar-refractivity contribution in [2.75, 3.05) is 19.6 Å². The summed E-state index contributed by atoms with van der Waals surface area (Å²) in [6.45, 7) is 4.20. The predicted octanol–water partition coefficient (Wildman–Crippen LogP) is 2.66. The van der Waals surface area contributed by atoms with E-state index >= 15 is 0 Å². The Bertz CT molecular complexity index is 1150. The smallest absolute Gasteiger partial charge is 0.243 e. The van der Waals surface area contributed by atoms with Gasteiger partial charge in [-0.05, 0) is 43.2 Å². The normalized spacial score (nSPS) is 15.9. The second kappa shape index (κ2) is 17.3. The minimum Gasteiger partial charge on any atom is -0.384 e. The van der Waals surface area contributed by atoms with E-state index in [0.717, 1.165) is 48.3 Å². The molecule has 0 spiro atoms. The highest BCUT2D eigenvalue weighted by Crippen LogP contribution is 2.21. The number of nitrogens with one attached hydrogen (secondary N) is 2. The summed E-state index contributed by atoms with van der Waals surface area (Å²) in [6, 6.07) is 16.8. The number of unbranched alkanes of at least 4 members (excludes halogenated alkanes) is 1. The summed E-state index contributed by atoms with van der Waals surface area (Å²) in [5.74, 6) is 1.07. The Kier molecular flexibility index (Phi) is 13.5. The van der Waals surface area contributed by atoms with E-state index in [1.165, 1.54) is 11.9 Å². The number of nitrogens with zero attached hydrogens (tertiary/aromatic N) is 3. The van der Waals surface area contributed by atoms with Crippen molar-refractivity contribution in [1.82, 2.24) is 14.9 Å². The summed E-state index contributed by atoms with van der Waals surface area (Å²) in [5.41, 5.74) is 20.0. The first-order valence-corrected chi connectivity index (χ1v) is 15.3. The van der Waals surface area contributed by atoms with Crippen LogP contribution in [0, 0.1) is 0 Å². The van der Waals surface area contributed by atoms with E-state index in [-0.39, 0.29) is 17.8 Å². The van der Waals surface area contributed by atoms with Crippen molar-refractivity contribution in [2.24, 2.45) is 27.2 Å². The average molecular weight is 581 g/mol. The topological polar surface area (TPSA) is 164 Å². The lowest BCUT2D eigenvalue weighted by Gasteiger charge is -2.28. The average Bonchev–Trinajstić information content (AvgIpc) is 3.48. The second-order valence-corrected chi connectivity index (χ2v) is 10.9. The van der Waals surface area contributed by atoms with E-state index < -0.39 is 12.1 Å². The molecule has 0 bridgehead atoms. The van der Waals surface area contributed by atoms with E-state index in [4.69, 9.17) is 17.2 Å². The molecule has 2 aromatic rings. The number of likely N-dealkylation sites (tertiary alicyclic amines) is 1. The number of benzene rings is 2. The summed E-state index contributed by atoms with van der Waals surface area (Å²) in [7, 11) is 0. The first kappa shape index (κ1) is 32.0. The van der Waals surface area contributed by atoms with Crippen LogP contribution in [-0.4, -0.2) is 60.2 Å². The molecule has 1 aliphatic rings. The summed E-state index contributed by atoms with van der Waals surface area (Å²) in [5, 5.41) is 3.02. The molecule has 1 saturated heterocycles. The van der Waals surface area contributed by atoms with Crippen LogP contribution in [0.4, 0.5) is 0 Å². The fourth-order valence-corrected chi connectivity index (χ4v) is 5.45. The maximum atomic E-state index is 13.7. The molecule has 8 N–H and O–H groups in total. The molecule has 1 heterocycles. The van der Waals surface area contributed by atoms with Gasteiger partial charge in [-0.2, -0.15) is 0 Å². The predicted molar refractivity (Wildman–Crippen MR) is 168 cm³/mol. The zero-order chi connectivity index (χ0) is 29.5. The van der Waals surface area contributed by atoms with Gasteiger partial charge in [-0.3, -0.25) is 24.3 Å². The van der Waals surface area contributed by atoms with Crippen LogP contribution in [0.15, 0.2) is 64.6 Å². The Morgan fingerprint density at radius 3 is 2.44 bits per heavy atom. The maximum Gasteiger partial charge on any atom is 0.243 e.